The molecule has 5 nitrogen and oxygen atoms in total. The summed E-state index contributed by atoms with van der Waals surface area (Å²) in [6.07, 6.45) is 0.957. The molecule has 0 bridgehead atoms. The molecule has 1 amide bonds. The molecule has 0 fully saturated rings. The standard InChI is InChI=1S/C16H20FN3O2/c1-5-8-20-11(3)15(10(2)19-20)18-16(21)12-6-7-14(22-4)13(17)9-12/h6-7,9H,5,8H2,1-4H3,(H,18,21). The number of hydrogen-bond donors (Lipinski definition) is 1. The van der Waals surface area contributed by atoms with Crippen LogP contribution in [-0.2, 0) is 6.54 Å². The second kappa shape index (κ2) is 6.60. The Labute approximate surface area is 129 Å². The molecule has 0 aliphatic heterocycles. The molecule has 2 aromatic rings. The quantitative estimate of drug-likeness (QED) is 0.922. The zero-order chi connectivity index (χ0) is 16.3. The number of carbonyl (C=O) groups excluding carboxylic acids is 1. The number of ether oxygens (including phenoxy) is 1. The van der Waals surface area contributed by atoms with Gasteiger partial charge < -0.3 is 10.1 Å². The number of amides is 1. The number of methoxy groups -OCH3 is 1. The second-order valence-electron chi connectivity index (χ2n) is 5.07. The molecule has 2 rings (SSSR count). The second-order valence-corrected chi connectivity index (χ2v) is 5.07. The molecule has 118 valence electrons. The molecule has 1 heterocycles. The van der Waals surface area contributed by atoms with Gasteiger partial charge in [-0.3, -0.25) is 9.48 Å². The molecule has 0 spiro atoms. The van der Waals surface area contributed by atoms with E-state index in [4.69, 9.17) is 4.74 Å². The summed E-state index contributed by atoms with van der Waals surface area (Å²) in [5.74, 6) is -0.825. The van der Waals surface area contributed by atoms with Crippen LogP contribution < -0.4 is 10.1 Å². The Balaban J connectivity index is 2.24. The lowest BCUT2D eigenvalue weighted by molar-refractivity contribution is 0.102. The zero-order valence-corrected chi connectivity index (χ0v) is 13.2. The number of hydrogen-bond acceptors (Lipinski definition) is 3. The minimum atomic E-state index is -0.565. The molecule has 1 N–H and O–H groups in total. The first-order valence-electron chi connectivity index (χ1n) is 7.16. The van der Waals surface area contributed by atoms with E-state index >= 15 is 0 Å². The number of rotatable bonds is 5. The minimum Gasteiger partial charge on any atom is -0.494 e. The molecule has 0 aliphatic carbocycles. The summed E-state index contributed by atoms with van der Waals surface area (Å²) >= 11 is 0. The average Bonchev–Trinajstić information content (AvgIpc) is 2.75. The van der Waals surface area contributed by atoms with E-state index in [-0.39, 0.29) is 17.2 Å². The lowest BCUT2D eigenvalue weighted by atomic mass is 10.2. The molecular formula is C16H20FN3O2. The largest absolute Gasteiger partial charge is 0.494 e. The highest BCUT2D eigenvalue weighted by molar-refractivity contribution is 6.04. The fourth-order valence-electron chi connectivity index (χ4n) is 2.30. The third-order valence-electron chi connectivity index (χ3n) is 3.47. The van der Waals surface area contributed by atoms with Gasteiger partial charge in [0.05, 0.1) is 24.2 Å². The topological polar surface area (TPSA) is 56.2 Å². The van der Waals surface area contributed by atoms with Crippen molar-refractivity contribution in [2.24, 2.45) is 0 Å². The van der Waals surface area contributed by atoms with Crippen LogP contribution in [0.2, 0.25) is 0 Å². The molecule has 0 atom stereocenters. The molecule has 1 aromatic carbocycles. The van der Waals surface area contributed by atoms with Crippen molar-refractivity contribution in [3.63, 3.8) is 0 Å². The van der Waals surface area contributed by atoms with E-state index in [9.17, 15) is 9.18 Å². The number of aromatic nitrogens is 2. The van der Waals surface area contributed by atoms with Crippen LogP contribution in [0.4, 0.5) is 10.1 Å². The van der Waals surface area contributed by atoms with Crippen LogP contribution in [0, 0.1) is 19.7 Å². The van der Waals surface area contributed by atoms with Crippen LogP contribution in [-0.4, -0.2) is 22.8 Å². The fourth-order valence-corrected chi connectivity index (χ4v) is 2.30. The van der Waals surface area contributed by atoms with E-state index in [0.717, 1.165) is 30.4 Å². The number of nitrogens with zero attached hydrogens (tertiary/aromatic N) is 2. The van der Waals surface area contributed by atoms with Gasteiger partial charge >= 0.3 is 0 Å². The highest BCUT2D eigenvalue weighted by atomic mass is 19.1. The van der Waals surface area contributed by atoms with E-state index in [0.29, 0.717) is 5.69 Å². The Kier molecular flexibility index (Phi) is 4.80. The third-order valence-corrected chi connectivity index (χ3v) is 3.47. The van der Waals surface area contributed by atoms with Gasteiger partial charge in [0.1, 0.15) is 0 Å². The summed E-state index contributed by atoms with van der Waals surface area (Å²) in [4.78, 5) is 12.3. The summed E-state index contributed by atoms with van der Waals surface area (Å²) in [6, 6.07) is 4.12. The van der Waals surface area contributed by atoms with Gasteiger partial charge in [0, 0.05) is 12.1 Å². The van der Waals surface area contributed by atoms with Crippen LogP contribution in [0.3, 0.4) is 0 Å². The molecule has 22 heavy (non-hydrogen) atoms. The van der Waals surface area contributed by atoms with Gasteiger partial charge in [-0.1, -0.05) is 6.92 Å². The van der Waals surface area contributed by atoms with E-state index in [1.165, 1.54) is 19.2 Å². The predicted octanol–water partition coefficient (Wildman–Crippen LogP) is 3.31. The van der Waals surface area contributed by atoms with Gasteiger partial charge in [-0.15, -0.1) is 0 Å². The van der Waals surface area contributed by atoms with Crippen molar-refractivity contribution in [2.75, 3.05) is 12.4 Å². The smallest absolute Gasteiger partial charge is 0.255 e. The number of carbonyl (C=O) groups is 1. The van der Waals surface area contributed by atoms with Crippen LogP contribution in [0.25, 0.3) is 0 Å². The van der Waals surface area contributed by atoms with Gasteiger partial charge in [0.25, 0.3) is 5.91 Å². The van der Waals surface area contributed by atoms with Gasteiger partial charge in [0.15, 0.2) is 11.6 Å². The van der Waals surface area contributed by atoms with Crippen molar-refractivity contribution in [1.82, 2.24) is 9.78 Å². The van der Waals surface area contributed by atoms with E-state index < -0.39 is 5.82 Å². The lowest BCUT2D eigenvalue weighted by Gasteiger charge is -2.08. The molecule has 0 saturated carbocycles. The maximum absolute atomic E-state index is 13.7. The number of benzene rings is 1. The average molecular weight is 305 g/mol. The first kappa shape index (κ1) is 16.0. The van der Waals surface area contributed by atoms with Crippen molar-refractivity contribution < 1.29 is 13.9 Å². The minimum absolute atomic E-state index is 0.111. The van der Waals surface area contributed by atoms with Crippen molar-refractivity contribution in [3.8, 4) is 5.75 Å². The first-order chi connectivity index (χ1) is 10.5. The Morgan fingerprint density at radius 3 is 2.73 bits per heavy atom. The SMILES string of the molecule is CCCn1nc(C)c(NC(=O)c2ccc(OC)c(F)c2)c1C. The summed E-state index contributed by atoms with van der Waals surface area (Å²) < 4.78 is 20.4. The lowest BCUT2D eigenvalue weighted by Crippen LogP contribution is -2.13. The van der Waals surface area contributed by atoms with Crippen molar-refractivity contribution in [2.45, 2.75) is 33.7 Å². The van der Waals surface area contributed by atoms with Gasteiger partial charge in [0.2, 0.25) is 0 Å². The summed E-state index contributed by atoms with van der Waals surface area (Å²) in [5, 5.41) is 7.21. The molecule has 0 aliphatic rings. The molecule has 1 aromatic heterocycles. The van der Waals surface area contributed by atoms with Crippen molar-refractivity contribution in [1.29, 1.82) is 0 Å². The highest BCUT2D eigenvalue weighted by Gasteiger charge is 2.16. The summed E-state index contributed by atoms with van der Waals surface area (Å²) in [6.45, 7) is 6.60. The maximum Gasteiger partial charge on any atom is 0.255 e. The van der Waals surface area contributed by atoms with Crippen molar-refractivity contribution in [3.05, 3.63) is 41.0 Å². The fraction of sp³-hybridized carbons (Fsp3) is 0.375. The Morgan fingerprint density at radius 2 is 2.14 bits per heavy atom. The normalized spacial score (nSPS) is 10.6. The summed E-state index contributed by atoms with van der Waals surface area (Å²) in [5.41, 5.74) is 2.55. The third kappa shape index (κ3) is 3.10. The number of nitrogens with one attached hydrogen (secondary N) is 1. The molecule has 0 saturated heterocycles. The number of anilines is 1. The number of halogens is 1. The van der Waals surface area contributed by atoms with Crippen LogP contribution in [0.1, 0.15) is 35.1 Å². The van der Waals surface area contributed by atoms with E-state index in [1.807, 2.05) is 18.5 Å². The van der Waals surface area contributed by atoms with Crippen molar-refractivity contribution >= 4 is 11.6 Å². The van der Waals surface area contributed by atoms with E-state index in [1.54, 1.807) is 0 Å². The zero-order valence-electron chi connectivity index (χ0n) is 13.2. The Morgan fingerprint density at radius 1 is 1.41 bits per heavy atom. The summed E-state index contributed by atoms with van der Waals surface area (Å²) in [7, 11) is 1.38. The Bertz CT molecular complexity index is 695. The van der Waals surface area contributed by atoms with Crippen LogP contribution >= 0.6 is 0 Å². The Hall–Kier alpha value is -2.37. The van der Waals surface area contributed by atoms with Gasteiger partial charge in [-0.2, -0.15) is 5.10 Å². The maximum atomic E-state index is 13.7. The molecular weight excluding hydrogens is 285 g/mol. The van der Waals surface area contributed by atoms with Crippen LogP contribution in [0.5, 0.6) is 5.75 Å². The highest BCUT2D eigenvalue weighted by Crippen LogP contribution is 2.22. The number of aryl methyl sites for hydroxylation is 2. The molecule has 0 unspecified atom stereocenters. The molecule has 6 heteroatoms. The first-order valence-corrected chi connectivity index (χ1v) is 7.16. The van der Waals surface area contributed by atoms with Gasteiger partial charge in [-0.05, 0) is 38.5 Å². The van der Waals surface area contributed by atoms with Gasteiger partial charge in [-0.25, -0.2) is 4.39 Å². The van der Waals surface area contributed by atoms with Crippen LogP contribution in [0.15, 0.2) is 18.2 Å². The monoisotopic (exact) mass is 305 g/mol. The molecule has 0 radical (unpaired) electrons. The van der Waals surface area contributed by atoms with E-state index in [2.05, 4.69) is 17.3 Å². The predicted molar refractivity (Wildman–Crippen MR) is 82.9 cm³/mol.